The van der Waals surface area contributed by atoms with Gasteiger partial charge in [0.2, 0.25) is 69.7 Å². The van der Waals surface area contributed by atoms with Gasteiger partial charge in [-0.05, 0) is 74.9 Å². The molecule has 82 heavy (non-hydrogen) atoms. The average molecular weight is 1250 g/mol. The van der Waals surface area contributed by atoms with Crippen LogP contribution < -0.4 is 37.9 Å². The smallest absolute Gasteiger partial charge is 0.464 e. The zero-order chi connectivity index (χ0) is 61.9. The molecule has 5 aromatic rings. The van der Waals surface area contributed by atoms with Crippen LogP contribution in [-0.2, 0) is 42.3 Å². The molecule has 3 N–H and O–H groups in total. The summed E-state index contributed by atoms with van der Waals surface area (Å²) in [6.45, 7) is 11.5. The number of esters is 3. The van der Waals surface area contributed by atoms with E-state index in [9.17, 15) is 72.0 Å². The van der Waals surface area contributed by atoms with Crippen molar-refractivity contribution in [2.75, 3.05) is 19.8 Å². The van der Waals surface area contributed by atoms with Crippen molar-refractivity contribution < 1.29 is 109 Å². The summed E-state index contributed by atoms with van der Waals surface area (Å²) in [5.41, 5.74) is 0. The van der Waals surface area contributed by atoms with E-state index in [0.717, 1.165) is 0 Å². The van der Waals surface area contributed by atoms with E-state index in [1.54, 1.807) is 70.2 Å². The lowest BCUT2D eigenvalue weighted by Crippen LogP contribution is -2.36. The minimum absolute atomic E-state index is 0.0202. The molecule has 5 rings (SSSR count). The normalized spacial score (nSPS) is 14.4. The van der Waals surface area contributed by atoms with Crippen molar-refractivity contribution in [2.45, 2.75) is 80.4 Å². The number of benzene rings is 5. The van der Waals surface area contributed by atoms with Gasteiger partial charge in [0.25, 0.3) is 0 Å². The van der Waals surface area contributed by atoms with Crippen molar-refractivity contribution in [3.05, 3.63) is 149 Å². The number of carbonyl (C=O) groups is 3. The lowest BCUT2D eigenvalue weighted by molar-refractivity contribution is -0.147. The van der Waals surface area contributed by atoms with Crippen molar-refractivity contribution in [3.8, 4) is 28.7 Å². The van der Waals surface area contributed by atoms with Gasteiger partial charge in [-0.3, -0.25) is 14.4 Å². The molecule has 0 aliphatic rings. The molecular formula is C51H57ClF10N3O14P3. The minimum atomic E-state index is -4.92. The van der Waals surface area contributed by atoms with Crippen molar-refractivity contribution in [1.82, 2.24) is 15.3 Å². The quantitative estimate of drug-likeness (QED) is 0.0124. The monoisotopic (exact) mass is 1250 g/mol. The van der Waals surface area contributed by atoms with E-state index < -0.39 is 128 Å². The van der Waals surface area contributed by atoms with Crippen molar-refractivity contribution in [1.29, 1.82) is 0 Å². The van der Waals surface area contributed by atoms with Gasteiger partial charge < -0.3 is 36.8 Å². The highest BCUT2D eigenvalue weighted by Gasteiger charge is 2.40. The Morgan fingerprint density at radius 3 is 0.866 bits per heavy atom. The molecule has 5 aromatic carbocycles. The predicted octanol–water partition coefficient (Wildman–Crippen LogP) is 13.8. The lowest BCUT2D eigenvalue weighted by atomic mass is 10.2. The number of hydrogen-bond acceptors (Lipinski definition) is 14. The Hall–Kier alpha value is -6.33. The lowest BCUT2D eigenvalue weighted by Gasteiger charge is -2.23. The number of ether oxygens (including phenoxy) is 3. The van der Waals surface area contributed by atoms with Crippen LogP contribution in [0, 0.1) is 75.9 Å². The fourth-order valence-electron chi connectivity index (χ4n) is 5.58. The Bertz CT molecular complexity index is 2880. The first-order valence-electron chi connectivity index (χ1n) is 24.2. The summed E-state index contributed by atoms with van der Waals surface area (Å²) in [4.78, 5) is 35.8. The highest BCUT2D eigenvalue weighted by Crippen LogP contribution is 2.50. The van der Waals surface area contributed by atoms with Gasteiger partial charge in [0.05, 0.1) is 19.8 Å². The molecule has 0 bridgehead atoms. The number of halogens is 11. The van der Waals surface area contributed by atoms with Crippen molar-refractivity contribution in [3.63, 3.8) is 0 Å². The van der Waals surface area contributed by atoms with E-state index in [0.29, 0.717) is 12.4 Å². The molecular weight excluding hydrogens is 1200 g/mol. The van der Waals surface area contributed by atoms with Crippen LogP contribution in [0.1, 0.15) is 62.3 Å². The summed E-state index contributed by atoms with van der Waals surface area (Å²) in [5, 5.41) is 6.63. The molecule has 6 atom stereocenters. The second-order valence-corrected chi connectivity index (χ2v) is 24.3. The molecule has 0 aliphatic carbocycles. The van der Waals surface area contributed by atoms with E-state index in [2.05, 4.69) is 24.3 Å². The zero-order valence-corrected chi connectivity index (χ0v) is 48.4. The molecule has 0 saturated heterocycles. The molecule has 0 heterocycles. The van der Waals surface area contributed by atoms with Crippen LogP contribution in [-0.4, -0.2) is 55.9 Å². The molecule has 0 fully saturated rings. The fraction of sp³-hybridized carbons (Fsp3) is 0.353. The summed E-state index contributed by atoms with van der Waals surface area (Å²) in [6, 6.07) is 19.0. The third-order valence-corrected chi connectivity index (χ3v) is 14.3. The van der Waals surface area contributed by atoms with Crippen LogP contribution in [0.2, 0.25) is 0 Å². The van der Waals surface area contributed by atoms with Gasteiger partial charge in [0.1, 0.15) is 35.4 Å². The van der Waals surface area contributed by atoms with Crippen LogP contribution >= 0.6 is 33.6 Å². The molecule has 31 heteroatoms. The maximum atomic E-state index is 14.0. The van der Waals surface area contributed by atoms with Crippen molar-refractivity contribution in [2.24, 2.45) is 17.8 Å². The summed E-state index contributed by atoms with van der Waals surface area (Å²) in [5.74, 6) is -29.2. The maximum absolute atomic E-state index is 14.0. The molecule has 0 aromatic heterocycles. The Kier molecular flexibility index (Phi) is 27.2. The van der Waals surface area contributed by atoms with E-state index in [-0.39, 0.29) is 42.5 Å². The molecule has 0 radical (unpaired) electrons. The number of rotatable bonds is 25. The van der Waals surface area contributed by atoms with Crippen LogP contribution in [0.3, 0.4) is 0 Å². The third kappa shape index (κ3) is 22.1. The second kappa shape index (κ2) is 31.9. The molecule has 0 amide bonds. The van der Waals surface area contributed by atoms with Gasteiger partial charge in [0.15, 0.2) is 0 Å². The van der Waals surface area contributed by atoms with Crippen molar-refractivity contribution >= 4 is 51.5 Å². The minimum Gasteiger partial charge on any atom is -0.464 e. The van der Waals surface area contributed by atoms with Crippen LogP contribution in [0.25, 0.3) is 0 Å². The van der Waals surface area contributed by atoms with Gasteiger partial charge in [-0.15, -0.1) is 0 Å². The van der Waals surface area contributed by atoms with Gasteiger partial charge in [0, 0.05) is 11.2 Å². The van der Waals surface area contributed by atoms with Gasteiger partial charge >= 0.3 is 40.3 Å². The van der Waals surface area contributed by atoms with Gasteiger partial charge in [-0.1, -0.05) is 96.1 Å². The summed E-state index contributed by atoms with van der Waals surface area (Å²) in [7, 11) is -9.83. The van der Waals surface area contributed by atoms with E-state index in [1.807, 2.05) is 13.8 Å². The summed E-state index contributed by atoms with van der Waals surface area (Å²) in [6.07, 6.45) is 0. The number of nitrogens with one attached hydrogen (secondary N) is 3. The predicted molar refractivity (Wildman–Crippen MR) is 279 cm³/mol. The van der Waals surface area contributed by atoms with E-state index in [4.69, 9.17) is 39.0 Å². The second-order valence-electron chi connectivity index (χ2n) is 18.3. The van der Waals surface area contributed by atoms with Crippen LogP contribution in [0.5, 0.6) is 28.7 Å². The first-order valence-corrected chi connectivity index (χ1v) is 29.8. The number of carbonyl (C=O) groups excluding carboxylic acids is 3. The highest BCUT2D eigenvalue weighted by atomic mass is 35.7. The van der Waals surface area contributed by atoms with Crippen LogP contribution in [0.4, 0.5) is 43.9 Å². The van der Waals surface area contributed by atoms with E-state index >= 15 is 0 Å². The Balaban J connectivity index is 0.000000331. The topological polar surface area (TPSA) is 212 Å². The Morgan fingerprint density at radius 2 is 0.610 bits per heavy atom. The SMILES string of the molecule is CC(C)COC(=O)[C@H](C)NP(=O)(Cl)Oc1ccccc1.CC(C)COC(=O)[C@H](C)NP(=O)(Oc1ccccc1)Oc1c(F)c(F)c(F)c(F)c1F.CC(C)COC(=O)[C@H](C)NP(=O)(Oc1ccccc1)Oc1c(F)c(F)c(F)c(F)c1F. The maximum Gasteiger partial charge on any atom is 0.513 e. The molecule has 0 aliphatic heterocycles. The summed E-state index contributed by atoms with van der Waals surface area (Å²) < 4.78 is 215. The van der Waals surface area contributed by atoms with Gasteiger partial charge in [-0.25, -0.2) is 45.1 Å². The standard InChI is InChI=1S/2C19H19F5NO5P.C13H19ClNO4P/c2*1-10(2)9-28-19(26)11(3)25-31(27,29-12-7-5-4-6-8-12)30-18-16(23)14(21)13(20)15(22)17(18)24;1-10(2)9-18-13(16)11(3)15-20(14,17)19-12-7-5-4-6-8-12/h2*4-8,10-11H,9H2,1-3H3,(H,25,27);4-8,10-11H,9H2,1-3H3,(H,15,17)/t2*11-,31?;11-,20?/m000/s1. The molecule has 0 saturated carbocycles. The average Bonchev–Trinajstić information content (AvgIpc) is 3.41. The fourth-order valence-corrected chi connectivity index (χ4v) is 10.3. The Morgan fingerprint density at radius 1 is 0.378 bits per heavy atom. The molecule has 3 unspecified atom stereocenters. The molecule has 0 spiro atoms. The highest BCUT2D eigenvalue weighted by molar-refractivity contribution is 7.84. The summed E-state index contributed by atoms with van der Waals surface area (Å²) >= 11 is 5.79. The van der Waals surface area contributed by atoms with E-state index in [1.165, 1.54) is 69.3 Å². The molecule has 17 nitrogen and oxygen atoms in total. The Labute approximate surface area is 470 Å². The zero-order valence-electron chi connectivity index (χ0n) is 45.0. The largest absolute Gasteiger partial charge is 0.513 e. The van der Waals surface area contributed by atoms with Gasteiger partial charge in [-0.2, -0.15) is 27.7 Å². The first-order chi connectivity index (χ1) is 38.2. The third-order valence-electron chi connectivity index (χ3n) is 9.45. The number of hydrogen-bond donors (Lipinski definition) is 3. The molecule has 452 valence electrons. The first kappa shape index (κ1) is 69.9. The number of para-hydroxylation sites is 3. The van der Waals surface area contributed by atoms with Crippen LogP contribution in [0.15, 0.2) is 91.0 Å².